The molecule has 0 aliphatic heterocycles. The van der Waals surface area contributed by atoms with E-state index in [2.05, 4.69) is 13.0 Å². The van der Waals surface area contributed by atoms with Gasteiger partial charge in [0.15, 0.2) is 0 Å². The molecule has 0 amide bonds. The summed E-state index contributed by atoms with van der Waals surface area (Å²) in [6.45, 7) is 3.01. The van der Waals surface area contributed by atoms with Gasteiger partial charge in [0.05, 0.1) is 12.2 Å². The maximum absolute atomic E-state index is 8.88. The largest absolute Gasteiger partial charge is 0.492 e. The van der Waals surface area contributed by atoms with Crippen molar-refractivity contribution in [2.45, 2.75) is 19.8 Å². The molecule has 0 radical (unpaired) electrons. The highest BCUT2D eigenvalue weighted by Gasteiger charge is 2.27. The molecular weight excluding hydrogens is 186 g/mol. The molecule has 0 unspecified atom stereocenters. The quantitative estimate of drug-likeness (QED) is 0.753. The summed E-state index contributed by atoms with van der Waals surface area (Å²) in [5.74, 6) is 2.18. The van der Waals surface area contributed by atoms with Crippen LogP contribution in [0.2, 0.25) is 0 Å². The van der Waals surface area contributed by atoms with Crippen molar-refractivity contribution in [2.75, 3.05) is 6.61 Å². The zero-order valence-electron chi connectivity index (χ0n) is 8.94. The van der Waals surface area contributed by atoms with E-state index in [4.69, 9.17) is 10.00 Å². The van der Waals surface area contributed by atoms with Crippen LogP contribution in [0.5, 0.6) is 5.75 Å². The Balaban J connectivity index is 1.96. The number of nitriles is 1. The molecule has 2 heteroatoms. The molecule has 1 fully saturated rings. The Kier molecular flexibility index (Phi) is 2.91. The molecule has 2 nitrogen and oxygen atoms in total. The maximum atomic E-state index is 8.88. The van der Waals surface area contributed by atoms with Crippen LogP contribution >= 0.6 is 0 Å². The molecule has 1 saturated carbocycles. The zero-order chi connectivity index (χ0) is 10.7. The van der Waals surface area contributed by atoms with Crippen LogP contribution < -0.4 is 4.74 Å². The Morgan fingerprint density at radius 3 is 2.80 bits per heavy atom. The summed E-state index contributed by atoms with van der Waals surface area (Å²) in [7, 11) is 0. The van der Waals surface area contributed by atoms with Crippen molar-refractivity contribution in [1.29, 1.82) is 5.26 Å². The molecule has 2 atom stereocenters. The van der Waals surface area contributed by atoms with Crippen molar-refractivity contribution in [3.05, 3.63) is 29.8 Å². The van der Waals surface area contributed by atoms with Crippen molar-refractivity contribution in [2.24, 2.45) is 11.8 Å². The molecule has 1 aliphatic rings. The highest BCUT2D eigenvalue weighted by molar-refractivity contribution is 5.42. The Labute approximate surface area is 90.5 Å². The first-order chi connectivity index (χ1) is 7.31. The van der Waals surface area contributed by atoms with Crippen molar-refractivity contribution in [3.8, 4) is 11.8 Å². The second-order valence-corrected chi connectivity index (χ2v) is 4.23. The molecule has 2 rings (SSSR count). The van der Waals surface area contributed by atoms with E-state index in [0.717, 1.165) is 18.3 Å². The van der Waals surface area contributed by atoms with Crippen molar-refractivity contribution >= 4 is 0 Å². The van der Waals surface area contributed by atoms with Crippen LogP contribution in [0.25, 0.3) is 0 Å². The van der Waals surface area contributed by atoms with Gasteiger partial charge in [-0.1, -0.05) is 19.1 Å². The monoisotopic (exact) mass is 201 g/mol. The van der Waals surface area contributed by atoms with E-state index < -0.39 is 0 Å². The minimum absolute atomic E-state index is 0.629. The molecular formula is C13H15NO. The lowest BCUT2D eigenvalue weighted by molar-refractivity contribution is 0.116. The lowest BCUT2D eigenvalue weighted by atomic mass is 9.75. The van der Waals surface area contributed by atoms with Crippen molar-refractivity contribution in [1.82, 2.24) is 0 Å². The second-order valence-electron chi connectivity index (χ2n) is 4.23. The van der Waals surface area contributed by atoms with Crippen LogP contribution in [0.3, 0.4) is 0 Å². The fourth-order valence-electron chi connectivity index (χ4n) is 1.86. The molecule has 0 aromatic heterocycles. The third kappa shape index (κ3) is 2.12. The number of hydrogen-bond donors (Lipinski definition) is 0. The van der Waals surface area contributed by atoms with Crippen LogP contribution in [0.15, 0.2) is 24.3 Å². The van der Waals surface area contributed by atoms with Gasteiger partial charge in [-0.3, -0.25) is 0 Å². The Bertz CT molecular complexity index is 380. The third-order valence-corrected chi connectivity index (χ3v) is 3.26. The van der Waals surface area contributed by atoms with E-state index in [1.54, 1.807) is 6.07 Å². The summed E-state index contributed by atoms with van der Waals surface area (Å²) >= 11 is 0. The van der Waals surface area contributed by atoms with Crippen LogP contribution in [0.1, 0.15) is 25.3 Å². The minimum atomic E-state index is 0.629. The molecule has 1 aromatic carbocycles. The molecule has 0 bridgehead atoms. The van der Waals surface area contributed by atoms with Gasteiger partial charge >= 0.3 is 0 Å². The van der Waals surface area contributed by atoms with Crippen LogP contribution in [-0.2, 0) is 0 Å². The summed E-state index contributed by atoms with van der Waals surface area (Å²) < 4.78 is 5.68. The number of rotatable bonds is 3. The topological polar surface area (TPSA) is 33.0 Å². The summed E-state index contributed by atoms with van der Waals surface area (Å²) in [6, 6.07) is 9.56. The number of ether oxygens (including phenoxy) is 1. The zero-order valence-corrected chi connectivity index (χ0v) is 8.94. The highest BCUT2D eigenvalue weighted by atomic mass is 16.5. The Hall–Kier alpha value is -1.49. The van der Waals surface area contributed by atoms with E-state index in [-0.39, 0.29) is 0 Å². The normalized spacial score (nSPS) is 24.0. The molecule has 78 valence electrons. The first-order valence-electron chi connectivity index (χ1n) is 5.43. The van der Waals surface area contributed by atoms with Crippen LogP contribution in [0, 0.1) is 23.2 Å². The molecule has 0 spiro atoms. The predicted molar refractivity (Wildman–Crippen MR) is 58.5 cm³/mol. The van der Waals surface area contributed by atoms with E-state index >= 15 is 0 Å². The van der Waals surface area contributed by atoms with Gasteiger partial charge in [0.1, 0.15) is 11.8 Å². The molecule has 1 aromatic rings. The van der Waals surface area contributed by atoms with Crippen LogP contribution in [0.4, 0.5) is 0 Å². The first kappa shape index (κ1) is 10.0. The van der Waals surface area contributed by atoms with Crippen molar-refractivity contribution < 1.29 is 4.74 Å². The first-order valence-corrected chi connectivity index (χ1v) is 5.43. The van der Waals surface area contributed by atoms with E-state index in [9.17, 15) is 0 Å². The molecule has 0 heterocycles. The SMILES string of the molecule is C[C@@H]1CC[C@H]1COc1ccccc1C#N. The van der Waals surface area contributed by atoms with Crippen molar-refractivity contribution in [3.63, 3.8) is 0 Å². The number of benzene rings is 1. The van der Waals surface area contributed by atoms with Gasteiger partial charge in [-0.05, 0) is 36.8 Å². The summed E-state index contributed by atoms with van der Waals surface area (Å²) in [6.07, 6.45) is 2.57. The van der Waals surface area contributed by atoms with Gasteiger partial charge in [-0.25, -0.2) is 0 Å². The second kappa shape index (κ2) is 4.35. The Morgan fingerprint density at radius 2 is 2.20 bits per heavy atom. The average molecular weight is 201 g/mol. The lowest BCUT2D eigenvalue weighted by Gasteiger charge is -2.33. The van der Waals surface area contributed by atoms with Gasteiger partial charge < -0.3 is 4.74 Å². The predicted octanol–water partition coefficient (Wildman–Crippen LogP) is 2.98. The molecule has 1 aliphatic carbocycles. The van der Waals surface area contributed by atoms with E-state index in [1.807, 2.05) is 18.2 Å². The number of para-hydroxylation sites is 1. The van der Waals surface area contributed by atoms with Crippen LogP contribution in [-0.4, -0.2) is 6.61 Å². The molecule has 0 saturated heterocycles. The number of nitrogens with zero attached hydrogens (tertiary/aromatic N) is 1. The fourth-order valence-corrected chi connectivity index (χ4v) is 1.86. The van der Waals surface area contributed by atoms with Gasteiger partial charge in [-0.15, -0.1) is 0 Å². The minimum Gasteiger partial charge on any atom is -0.492 e. The van der Waals surface area contributed by atoms with Gasteiger partial charge in [0.2, 0.25) is 0 Å². The fraction of sp³-hybridized carbons (Fsp3) is 0.462. The maximum Gasteiger partial charge on any atom is 0.137 e. The summed E-state index contributed by atoms with van der Waals surface area (Å²) in [5.41, 5.74) is 0.629. The average Bonchev–Trinajstić information content (AvgIpc) is 2.28. The van der Waals surface area contributed by atoms with E-state index in [0.29, 0.717) is 11.5 Å². The number of hydrogen-bond acceptors (Lipinski definition) is 2. The molecule has 0 N–H and O–H groups in total. The standard InChI is InChI=1S/C13H15NO/c1-10-6-7-12(10)9-15-13-5-3-2-4-11(13)8-14/h2-5,10,12H,6-7,9H2,1H3/t10-,12+/m1/s1. The smallest absolute Gasteiger partial charge is 0.137 e. The lowest BCUT2D eigenvalue weighted by Crippen LogP contribution is -2.28. The summed E-state index contributed by atoms with van der Waals surface area (Å²) in [5, 5.41) is 8.88. The summed E-state index contributed by atoms with van der Waals surface area (Å²) in [4.78, 5) is 0. The Morgan fingerprint density at radius 1 is 1.40 bits per heavy atom. The third-order valence-electron chi connectivity index (χ3n) is 3.26. The van der Waals surface area contributed by atoms with Gasteiger partial charge in [0.25, 0.3) is 0 Å². The molecule has 15 heavy (non-hydrogen) atoms. The van der Waals surface area contributed by atoms with Gasteiger partial charge in [0, 0.05) is 0 Å². The van der Waals surface area contributed by atoms with Gasteiger partial charge in [-0.2, -0.15) is 5.26 Å². The van der Waals surface area contributed by atoms with E-state index in [1.165, 1.54) is 12.8 Å². The highest BCUT2D eigenvalue weighted by Crippen LogP contribution is 2.34.